The normalized spacial score (nSPS) is 14.3. The summed E-state index contributed by atoms with van der Waals surface area (Å²) in [6.07, 6.45) is 0.301. The van der Waals surface area contributed by atoms with Gasteiger partial charge in [0, 0.05) is 5.56 Å². The van der Waals surface area contributed by atoms with E-state index in [1.807, 2.05) is 55.5 Å². The summed E-state index contributed by atoms with van der Waals surface area (Å²) >= 11 is 0. The van der Waals surface area contributed by atoms with Gasteiger partial charge in [0.15, 0.2) is 0 Å². The Balaban J connectivity index is 1.92. The van der Waals surface area contributed by atoms with Crippen molar-refractivity contribution in [1.29, 1.82) is 0 Å². The number of hydrogen-bond donors (Lipinski definition) is 0. The molecule has 2 aromatic carbocycles. The van der Waals surface area contributed by atoms with Gasteiger partial charge < -0.3 is 0 Å². The van der Waals surface area contributed by atoms with Crippen LogP contribution >= 0.6 is 0 Å². The molecule has 0 aromatic heterocycles. The van der Waals surface area contributed by atoms with Gasteiger partial charge in [-0.25, -0.2) is 0 Å². The second kappa shape index (κ2) is 4.93. The van der Waals surface area contributed by atoms with Gasteiger partial charge in [0.2, 0.25) is 5.91 Å². The molecule has 1 aliphatic heterocycles. The van der Waals surface area contributed by atoms with Gasteiger partial charge in [-0.15, -0.1) is 0 Å². The second-order valence-corrected chi connectivity index (χ2v) is 5.11. The maximum atomic E-state index is 12.4. The van der Waals surface area contributed by atoms with Gasteiger partial charge in [0.1, 0.15) is 0 Å². The molecule has 3 heteroatoms. The first-order chi connectivity index (χ1) is 9.65. The van der Waals surface area contributed by atoms with Crippen molar-refractivity contribution in [1.82, 2.24) is 4.90 Å². The van der Waals surface area contributed by atoms with Crippen molar-refractivity contribution in [2.75, 3.05) is 0 Å². The van der Waals surface area contributed by atoms with E-state index in [1.54, 1.807) is 0 Å². The highest BCUT2D eigenvalue weighted by Gasteiger charge is 2.30. The zero-order chi connectivity index (χ0) is 14.1. The maximum absolute atomic E-state index is 12.4. The summed E-state index contributed by atoms with van der Waals surface area (Å²) in [4.78, 5) is 26.0. The van der Waals surface area contributed by atoms with Crippen LogP contribution in [0, 0.1) is 6.92 Å². The molecule has 0 saturated carbocycles. The summed E-state index contributed by atoms with van der Waals surface area (Å²) in [5.41, 5.74) is 3.51. The minimum atomic E-state index is -0.194. The van der Waals surface area contributed by atoms with E-state index in [2.05, 4.69) is 0 Å². The summed E-state index contributed by atoms with van der Waals surface area (Å²) in [7, 11) is 0. The minimum absolute atomic E-state index is 0.128. The predicted molar refractivity (Wildman–Crippen MR) is 76.2 cm³/mol. The SMILES string of the molecule is Cc1ccc2c(c1)CC(=O)N(Cc1ccccc1)C2=O. The van der Waals surface area contributed by atoms with Crippen LogP contribution in [0.5, 0.6) is 0 Å². The number of hydrogen-bond acceptors (Lipinski definition) is 2. The Morgan fingerprint density at radius 2 is 1.80 bits per heavy atom. The average molecular weight is 265 g/mol. The molecule has 20 heavy (non-hydrogen) atoms. The molecule has 100 valence electrons. The van der Waals surface area contributed by atoms with Crippen molar-refractivity contribution >= 4 is 11.8 Å². The van der Waals surface area contributed by atoms with Gasteiger partial charge in [0.05, 0.1) is 13.0 Å². The third-order valence-electron chi connectivity index (χ3n) is 3.56. The molecule has 0 spiro atoms. The Labute approximate surface area is 117 Å². The van der Waals surface area contributed by atoms with E-state index < -0.39 is 0 Å². The Bertz CT molecular complexity index is 677. The number of carbonyl (C=O) groups excluding carboxylic acids is 2. The molecule has 0 fully saturated rings. The predicted octanol–water partition coefficient (Wildman–Crippen LogP) is 2.72. The zero-order valence-electron chi connectivity index (χ0n) is 11.3. The molecular weight excluding hydrogens is 250 g/mol. The molecule has 2 aromatic rings. The van der Waals surface area contributed by atoms with E-state index in [4.69, 9.17) is 0 Å². The first kappa shape index (κ1) is 12.6. The van der Waals surface area contributed by atoms with Gasteiger partial charge in [-0.05, 0) is 24.1 Å². The number of aryl methyl sites for hydroxylation is 1. The fraction of sp³-hybridized carbons (Fsp3) is 0.176. The highest BCUT2D eigenvalue weighted by atomic mass is 16.2. The maximum Gasteiger partial charge on any atom is 0.261 e. The smallest absolute Gasteiger partial charge is 0.261 e. The average Bonchev–Trinajstić information content (AvgIpc) is 2.44. The van der Waals surface area contributed by atoms with Gasteiger partial charge in [-0.1, -0.05) is 48.0 Å². The molecule has 0 radical (unpaired) electrons. The highest BCUT2D eigenvalue weighted by Crippen LogP contribution is 2.22. The van der Waals surface area contributed by atoms with Gasteiger partial charge in [-0.2, -0.15) is 0 Å². The molecule has 0 atom stereocenters. The third kappa shape index (κ3) is 2.23. The summed E-state index contributed by atoms with van der Waals surface area (Å²) in [5.74, 6) is -0.322. The lowest BCUT2D eigenvalue weighted by Crippen LogP contribution is -2.41. The van der Waals surface area contributed by atoms with Crippen molar-refractivity contribution in [3.05, 3.63) is 70.8 Å². The zero-order valence-corrected chi connectivity index (χ0v) is 11.3. The van der Waals surface area contributed by atoms with Gasteiger partial charge >= 0.3 is 0 Å². The van der Waals surface area contributed by atoms with Crippen molar-refractivity contribution < 1.29 is 9.59 Å². The van der Waals surface area contributed by atoms with Crippen molar-refractivity contribution in [3.8, 4) is 0 Å². The number of amides is 2. The van der Waals surface area contributed by atoms with Crippen molar-refractivity contribution in [2.24, 2.45) is 0 Å². The van der Waals surface area contributed by atoms with Crippen LogP contribution in [-0.4, -0.2) is 16.7 Å². The lowest BCUT2D eigenvalue weighted by atomic mass is 9.96. The van der Waals surface area contributed by atoms with Crippen LogP contribution in [0.2, 0.25) is 0 Å². The first-order valence-electron chi connectivity index (χ1n) is 6.63. The molecule has 0 bridgehead atoms. The molecule has 0 unspecified atom stereocenters. The van der Waals surface area contributed by atoms with Crippen LogP contribution < -0.4 is 0 Å². The molecule has 1 aliphatic rings. The molecule has 1 heterocycles. The summed E-state index contributed by atoms with van der Waals surface area (Å²) < 4.78 is 0. The molecule has 2 amide bonds. The number of nitrogens with zero attached hydrogens (tertiary/aromatic N) is 1. The summed E-state index contributed by atoms with van der Waals surface area (Å²) in [5, 5.41) is 0. The quantitative estimate of drug-likeness (QED) is 0.783. The lowest BCUT2D eigenvalue weighted by Gasteiger charge is -2.27. The number of imide groups is 1. The van der Waals surface area contributed by atoms with Gasteiger partial charge in [-0.3, -0.25) is 14.5 Å². The Kier molecular flexibility index (Phi) is 3.11. The standard InChI is InChI=1S/C17H15NO2/c1-12-7-8-15-14(9-12)10-16(19)18(17(15)20)11-13-5-3-2-4-6-13/h2-9H,10-11H2,1H3. The van der Waals surface area contributed by atoms with Crippen molar-refractivity contribution in [2.45, 2.75) is 19.9 Å². The first-order valence-corrected chi connectivity index (χ1v) is 6.63. The van der Waals surface area contributed by atoms with Crippen LogP contribution in [-0.2, 0) is 17.8 Å². The summed E-state index contributed by atoms with van der Waals surface area (Å²) in [6.45, 7) is 2.30. The number of fused-ring (bicyclic) bond motifs is 1. The van der Waals surface area contributed by atoms with Crippen LogP contribution in [0.3, 0.4) is 0 Å². The molecular formula is C17H15NO2. The topological polar surface area (TPSA) is 37.4 Å². The van der Waals surface area contributed by atoms with E-state index in [0.717, 1.165) is 16.7 Å². The molecule has 0 N–H and O–H groups in total. The van der Waals surface area contributed by atoms with Crippen LogP contribution in [0.15, 0.2) is 48.5 Å². The Morgan fingerprint density at radius 1 is 1.05 bits per heavy atom. The molecule has 0 saturated heterocycles. The highest BCUT2D eigenvalue weighted by molar-refractivity contribution is 6.09. The Hall–Kier alpha value is -2.42. The number of benzene rings is 2. The van der Waals surface area contributed by atoms with E-state index >= 15 is 0 Å². The van der Waals surface area contributed by atoms with Gasteiger partial charge in [0.25, 0.3) is 5.91 Å². The number of rotatable bonds is 2. The van der Waals surface area contributed by atoms with Crippen LogP contribution in [0.4, 0.5) is 0 Å². The van der Waals surface area contributed by atoms with Crippen molar-refractivity contribution in [3.63, 3.8) is 0 Å². The fourth-order valence-electron chi connectivity index (χ4n) is 2.52. The van der Waals surface area contributed by atoms with Crippen LogP contribution in [0.1, 0.15) is 27.0 Å². The molecule has 3 nitrogen and oxygen atoms in total. The third-order valence-corrected chi connectivity index (χ3v) is 3.56. The Morgan fingerprint density at radius 3 is 2.55 bits per heavy atom. The van der Waals surface area contributed by atoms with Crippen LogP contribution in [0.25, 0.3) is 0 Å². The summed E-state index contributed by atoms with van der Waals surface area (Å²) in [6, 6.07) is 15.2. The minimum Gasteiger partial charge on any atom is -0.274 e. The van der Waals surface area contributed by atoms with E-state index in [1.165, 1.54) is 4.90 Å². The lowest BCUT2D eigenvalue weighted by molar-refractivity contribution is -0.128. The fourth-order valence-corrected chi connectivity index (χ4v) is 2.52. The monoisotopic (exact) mass is 265 g/mol. The van der Waals surface area contributed by atoms with E-state index in [0.29, 0.717) is 18.5 Å². The number of carbonyl (C=O) groups is 2. The van der Waals surface area contributed by atoms with E-state index in [-0.39, 0.29) is 11.8 Å². The molecule has 0 aliphatic carbocycles. The molecule has 3 rings (SSSR count). The van der Waals surface area contributed by atoms with E-state index in [9.17, 15) is 9.59 Å². The second-order valence-electron chi connectivity index (χ2n) is 5.11. The largest absolute Gasteiger partial charge is 0.274 e.